The maximum atomic E-state index is 5.87. The van der Waals surface area contributed by atoms with Gasteiger partial charge in [0.1, 0.15) is 17.1 Å². The van der Waals surface area contributed by atoms with Crippen LogP contribution in [0.5, 0.6) is 5.75 Å². The first kappa shape index (κ1) is 12.9. The number of hydrogen-bond acceptors (Lipinski definition) is 4. The monoisotopic (exact) mass is 332 g/mol. The fraction of sp³-hybridized carbons (Fsp3) is 0.143. The molecule has 0 saturated heterocycles. The zero-order chi connectivity index (χ0) is 14.1. The molecule has 2 heterocycles. The zero-order valence-electron chi connectivity index (χ0n) is 10.9. The van der Waals surface area contributed by atoms with E-state index in [0.29, 0.717) is 12.4 Å². The predicted molar refractivity (Wildman–Crippen MR) is 81.7 cm³/mol. The second kappa shape index (κ2) is 5.13. The van der Waals surface area contributed by atoms with Crippen molar-refractivity contribution >= 4 is 32.7 Å². The normalized spacial score (nSPS) is 10.9. The van der Waals surface area contributed by atoms with Crippen molar-refractivity contribution < 1.29 is 4.74 Å². The molecule has 0 amide bonds. The Kier molecular flexibility index (Phi) is 3.31. The number of nitrogens with zero attached hydrogens (tertiary/aromatic N) is 3. The molecule has 0 aliphatic rings. The van der Waals surface area contributed by atoms with E-state index in [4.69, 9.17) is 10.5 Å². The van der Waals surface area contributed by atoms with Gasteiger partial charge in [-0.05, 0) is 33.6 Å². The third-order valence-corrected chi connectivity index (χ3v) is 3.66. The third-order valence-electron chi connectivity index (χ3n) is 3.08. The summed E-state index contributed by atoms with van der Waals surface area (Å²) in [5, 5.41) is 5.38. The number of halogens is 1. The SMILES string of the molecule is COc1ccc(Cn2cc3c(N)ncc(Br)c3n2)cc1. The van der Waals surface area contributed by atoms with Crippen molar-refractivity contribution in [2.24, 2.45) is 0 Å². The van der Waals surface area contributed by atoms with Gasteiger partial charge in [-0.2, -0.15) is 5.10 Å². The van der Waals surface area contributed by atoms with Crippen molar-refractivity contribution in [1.82, 2.24) is 14.8 Å². The fourth-order valence-corrected chi connectivity index (χ4v) is 2.44. The first-order valence-electron chi connectivity index (χ1n) is 6.07. The summed E-state index contributed by atoms with van der Waals surface area (Å²) in [4.78, 5) is 4.11. The van der Waals surface area contributed by atoms with Gasteiger partial charge in [0, 0.05) is 12.4 Å². The molecule has 0 radical (unpaired) electrons. The lowest BCUT2D eigenvalue weighted by molar-refractivity contribution is 0.414. The van der Waals surface area contributed by atoms with Crippen LogP contribution in [0.2, 0.25) is 0 Å². The van der Waals surface area contributed by atoms with Crippen molar-refractivity contribution in [1.29, 1.82) is 0 Å². The lowest BCUT2D eigenvalue weighted by atomic mass is 10.2. The van der Waals surface area contributed by atoms with Crippen molar-refractivity contribution in [3.8, 4) is 5.75 Å². The molecule has 1 aromatic carbocycles. The van der Waals surface area contributed by atoms with Crippen molar-refractivity contribution in [2.45, 2.75) is 6.54 Å². The van der Waals surface area contributed by atoms with Crippen LogP contribution in [0.25, 0.3) is 10.9 Å². The number of aromatic nitrogens is 3. The number of benzene rings is 1. The van der Waals surface area contributed by atoms with Crippen LogP contribution in [0.4, 0.5) is 5.82 Å². The Bertz CT molecular complexity index is 713. The van der Waals surface area contributed by atoms with Crippen molar-refractivity contribution in [2.75, 3.05) is 12.8 Å². The molecule has 0 saturated carbocycles. The van der Waals surface area contributed by atoms with Crippen LogP contribution in [0, 0.1) is 0 Å². The van der Waals surface area contributed by atoms with Gasteiger partial charge in [0.15, 0.2) is 0 Å². The van der Waals surface area contributed by atoms with Gasteiger partial charge in [0.2, 0.25) is 0 Å². The van der Waals surface area contributed by atoms with Gasteiger partial charge >= 0.3 is 0 Å². The summed E-state index contributed by atoms with van der Waals surface area (Å²) < 4.78 is 7.84. The molecule has 0 aliphatic heterocycles. The molecule has 0 fully saturated rings. The zero-order valence-corrected chi connectivity index (χ0v) is 12.5. The highest BCUT2D eigenvalue weighted by atomic mass is 79.9. The predicted octanol–water partition coefficient (Wildman–Crippen LogP) is 2.83. The van der Waals surface area contributed by atoms with Crippen molar-refractivity contribution in [3.63, 3.8) is 0 Å². The lowest BCUT2D eigenvalue weighted by Crippen LogP contribution is -1.99. The molecular formula is C14H13BrN4O. The lowest BCUT2D eigenvalue weighted by Gasteiger charge is -2.03. The molecule has 0 unspecified atom stereocenters. The number of ether oxygens (including phenoxy) is 1. The number of nitrogens with two attached hydrogens (primary N) is 1. The number of anilines is 1. The average Bonchev–Trinajstić information content (AvgIpc) is 2.89. The molecule has 0 spiro atoms. The molecule has 3 aromatic rings. The molecule has 20 heavy (non-hydrogen) atoms. The van der Waals surface area contributed by atoms with Crippen LogP contribution in [0.3, 0.4) is 0 Å². The number of nitrogen functional groups attached to an aromatic ring is 1. The molecule has 6 heteroatoms. The Morgan fingerprint density at radius 1 is 1.30 bits per heavy atom. The van der Waals surface area contributed by atoms with E-state index in [1.165, 1.54) is 0 Å². The van der Waals surface area contributed by atoms with Crippen LogP contribution in [-0.4, -0.2) is 21.9 Å². The van der Waals surface area contributed by atoms with E-state index in [9.17, 15) is 0 Å². The third kappa shape index (κ3) is 2.34. The molecule has 5 nitrogen and oxygen atoms in total. The molecule has 102 valence electrons. The van der Waals surface area contributed by atoms with E-state index in [-0.39, 0.29) is 0 Å². The molecule has 2 N–H and O–H groups in total. The number of hydrogen-bond donors (Lipinski definition) is 1. The Morgan fingerprint density at radius 3 is 2.70 bits per heavy atom. The fourth-order valence-electron chi connectivity index (χ4n) is 2.04. The molecule has 3 rings (SSSR count). The molecule has 2 aromatic heterocycles. The summed E-state index contributed by atoms with van der Waals surface area (Å²) in [7, 11) is 1.66. The Labute approximate surface area is 124 Å². The quantitative estimate of drug-likeness (QED) is 0.800. The van der Waals surface area contributed by atoms with E-state index < -0.39 is 0 Å². The van der Waals surface area contributed by atoms with Crippen LogP contribution >= 0.6 is 15.9 Å². The van der Waals surface area contributed by atoms with Crippen LogP contribution in [0.1, 0.15) is 5.56 Å². The van der Waals surface area contributed by atoms with Crippen LogP contribution in [-0.2, 0) is 6.54 Å². The van der Waals surface area contributed by atoms with Gasteiger partial charge in [-0.15, -0.1) is 0 Å². The highest BCUT2D eigenvalue weighted by Crippen LogP contribution is 2.25. The Morgan fingerprint density at radius 2 is 2.05 bits per heavy atom. The van der Waals surface area contributed by atoms with E-state index in [1.807, 2.05) is 35.1 Å². The Balaban J connectivity index is 1.94. The first-order valence-corrected chi connectivity index (χ1v) is 6.87. The second-order valence-electron chi connectivity index (χ2n) is 4.43. The summed E-state index contributed by atoms with van der Waals surface area (Å²) in [6.45, 7) is 0.671. The number of pyridine rings is 1. The van der Waals surface area contributed by atoms with E-state index in [0.717, 1.165) is 26.7 Å². The van der Waals surface area contributed by atoms with Gasteiger partial charge in [-0.1, -0.05) is 12.1 Å². The minimum absolute atomic E-state index is 0.490. The summed E-state index contributed by atoms with van der Waals surface area (Å²) in [5.74, 6) is 1.33. The van der Waals surface area contributed by atoms with Gasteiger partial charge in [-0.25, -0.2) is 4.98 Å². The van der Waals surface area contributed by atoms with Crippen LogP contribution in [0.15, 0.2) is 41.1 Å². The van der Waals surface area contributed by atoms with Gasteiger partial charge in [0.25, 0.3) is 0 Å². The number of methoxy groups -OCH3 is 1. The first-order chi connectivity index (χ1) is 9.67. The standard InChI is InChI=1S/C14H13BrN4O/c1-20-10-4-2-9(3-5-10)7-19-8-11-13(18-19)12(15)6-17-14(11)16/h2-6,8H,7H2,1H3,(H2,16,17). The summed E-state index contributed by atoms with van der Waals surface area (Å²) >= 11 is 3.44. The molecule has 0 bridgehead atoms. The summed E-state index contributed by atoms with van der Waals surface area (Å²) in [5.41, 5.74) is 7.83. The molecule has 0 atom stereocenters. The van der Waals surface area contributed by atoms with Gasteiger partial charge < -0.3 is 10.5 Å². The maximum Gasteiger partial charge on any atom is 0.134 e. The van der Waals surface area contributed by atoms with E-state index >= 15 is 0 Å². The van der Waals surface area contributed by atoms with Gasteiger partial charge in [-0.3, -0.25) is 4.68 Å². The summed E-state index contributed by atoms with van der Waals surface area (Å²) in [6, 6.07) is 7.90. The molecule has 0 aliphatic carbocycles. The van der Waals surface area contributed by atoms with Crippen LogP contribution < -0.4 is 10.5 Å². The topological polar surface area (TPSA) is 66.0 Å². The minimum atomic E-state index is 0.490. The number of rotatable bonds is 3. The average molecular weight is 333 g/mol. The van der Waals surface area contributed by atoms with Crippen molar-refractivity contribution in [3.05, 3.63) is 46.7 Å². The highest BCUT2D eigenvalue weighted by molar-refractivity contribution is 9.10. The number of fused-ring (bicyclic) bond motifs is 1. The Hall–Kier alpha value is -2.08. The largest absolute Gasteiger partial charge is 0.497 e. The van der Waals surface area contributed by atoms with E-state index in [2.05, 4.69) is 26.0 Å². The molecular weight excluding hydrogens is 320 g/mol. The highest BCUT2D eigenvalue weighted by Gasteiger charge is 2.09. The smallest absolute Gasteiger partial charge is 0.134 e. The van der Waals surface area contributed by atoms with E-state index in [1.54, 1.807) is 13.3 Å². The maximum absolute atomic E-state index is 5.87. The summed E-state index contributed by atoms with van der Waals surface area (Å²) in [6.07, 6.45) is 3.58. The van der Waals surface area contributed by atoms with Gasteiger partial charge in [0.05, 0.1) is 23.5 Å². The minimum Gasteiger partial charge on any atom is -0.497 e. The second-order valence-corrected chi connectivity index (χ2v) is 5.28.